The van der Waals surface area contributed by atoms with Gasteiger partial charge in [0.2, 0.25) is 17.7 Å². The molecule has 1 aliphatic rings. The molecule has 2 N–H and O–H groups in total. The molecule has 0 spiro atoms. The van der Waals surface area contributed by atoms with E-state index in [0.717, 1.165) is 12.1 Å². The van der Waals surface area contributed by atoms with Crippen LogP contribution in [0.15, 0.2) is 48.5 Å². The molecule has 7 nitrogen and oxygen atoms in total. The number of anilines is 3. The Balaban J connectivity index is 1.59. The molecule has 0 aromatic heterocycles. The number of fused-ring (bicyclic) bond motifs is 1. The van der Waals surface area contributed by atoms with Crippen LogP contribution in [-0.4, -0.2) is 48.3 Å². The second kappa shape index (κ2) is 9.54. The Morgan fingerprint density at radius 1 is 1.03 bits per heavy atom. The number of carbonyl (C=O) groups is 3. The van der Waals surface area contributed by atoms with Crippen LogP contribution in [-0.2, 0) is 20.8 Å². The van der Waals surface area contributed by atoms with E-state index in [2.05, 4.69) is 16.7 Å². The van der Waals surface area contributed by atoms with Crippen molar-refractivity contribution >= 4 is 34.8 Å². The quantitative estimate of drug-likeness (QED) is 0.738. The van der Waals surface area contributed by atoms with E-state index < -0.39 is 6.04 Å². The Kier molecular flexibility index (Phi) is 6.84. The van der Waals surface area contributed by atoms with Crippen LogP contribution >= 0.6 is 0 Å². The lowest BCUT2D eigenvalue weighted by Gasteiger charge is -2.30. The first-order valence-electron chi connectivity index (χ1n) is 10.2. The van der Waals surface area contributed by atoms with Crippen LogP contribution in [0.25, 0.3) is 0 Å². The zero-order chi connectivity index (χ0) is 21.7. The van der Waals surface area contributed by atoms with Crippen molar-refractivity contribution in [1.82, 2.24) is 4.90 Å². The minimum atomic E-state index is -0.408. The third-order valence-electron chi connectivity index (χ3n) is 5.30. The first-order chi connectivity index (χ1) is 14.4. The molecule has 0 radical (unpaired) electrons. The van der Waals surface area contributed by atoms with Crippen molar-refractivity contribution in [2.24, 2.45) is 0 Å². The first kappa shape index (κ1) is 21.5. The third-order valence-corrected chi connectivity index (χ3v) is 5.30. The van der Waals surface area contributed by atoms with Gasteiger partial charge in [-0.3, -0.25) is 19.3 Å². The van der Waals surface area contributed by atoms with Crippen molar-refractivity contribution in [1.29, 1.82) is 0 Å². The minimum Gasteiger partial charge on any atom is -0.326 e. The number of carbonyl (C=O) groups excluding carboxylic acids is 3. The summed E-state index contributed by atoms with van der Waals surface area (Å²) in [5.41, 5.74) is 3.45. The molecule has 0 bridgehead atoms. The summed E-state index contributed by atoms with van der Waals surface area (Å²) in [5, 5.41) is 5.53. The lowest BCUT2D eigenvalue weighted by atomic mass is 10.1. The molecule has 1 heterocycles. The molecule has 2 aromatic carbocycles. The van der Waals surface area contributed by atoms with E-state index >= 15 is 0 Å². The average Bonchev–Trinajstić information content (AvgIpc) is 3.16. The molecule has 30 heavy (non-hydrogen) atoms. The lowest BCUT2D eigenvalue weighted by Crippen LogP contribution is -2.49. The fourth-order valence-corrected chi connectivity index (χ4v) is 3.70. The summed E-state index contributed by atoms with van der Waals surface area (Å²) in [6, 6.07) is 14.5. The molecule has 2 aromatic rings. The van der Waals surface area contributed by atoms with Gasteiger partial charge in [-0.2, -0.15) is 0 Å². The highest BCUT2D eigenvalue weighted by Crippen LogP contribution is 2.28. The number of rotatable bonds is 7. The molecule has 1 atom stereocenters. The van der Waals surface area contributed by atoms with Crippen LogP contribution in [0.5, 0.6) is 0 Å². The summed E-state index contributed by atoms with van der Waals surface area (Å²) in [7, 11) is 0. The zero-order valence-electron chi connectivity index (χ0n) is 17.6. The van der Waals surface area contributed by atoms with E-state index in [4.69, 9.17) is 0 Å². The molecule has 158 valence electrons. The number of hydrogen-bond donors (Lipinski definition) is 2. The number of benzene rings is 2. The third kappa shape index (κ3) is 5.04. The summed E-state index contributed by atoms with van der Waals surface area (Å²) in [5.74, 6) is -0.329. The summed E-state index contributed by atoms with van der Waals surface area (Å²) in [6.07, 6.45) is 0.857. The standard InChI is InChI=1S/C23H28N4O3/c1-4-26(15-22(29)25-20-11-9-19(10-12-20)24-17(3)28)16(2)23(30)27-14-13-18-7-5-6-8-21(18)27/h5-12,16H,4,13-15H2,1-3H3,(H,24,28)(H,25,29)/t16-/m0/s1. The van der Waals surface area contributed by atoms with Gasteiger partial charge in [0.1, 0.15) is 0 Å². The van der Waals surface area contributed by atoms with E-state index in [1.54, 1.807) is 24.3 Å². The van der Waals surface area contributed by atoms with Gasteiger partial charge in [0.25, 0.3) is 0 Å². The Bertz CT molecular complexity index is 926. The van der Waals surface area contributed by atoms with Crippen LogP contribution in [0.3, 0.4) is 0 Å². The molecule has 0 saturated heterocycles. The topological polar surface area (TPSA) is 81.8 Å². The second-order valence-electron chi connectivity index (χ2n) is 7.41. The highest BCUT2D eigenvalue weighted by Gasteiger charge is 2.31. The second-order valence-corrected chi connectivity index (χ2v) is 7.41. The molecule has 0 unspecified atom stereocenters. The number of likely N-dealkylation sites (N-methyl/N-ethyl adjacent to an activating group) is 1. The Morgan fingerprint density at radius 3 is 2.30 bits per heavy atom. The smallest absolute Gasteiger partial charge is 0.244 e. The van der Waals surface area contributed by atoms with Gasteiger partial charge < -0.3 is 15.5 Å². The average molecular weight is 409 g/mol. The number of para-hydroxylation sites is 1. The normalized spacial score (nSPS) is 13.7. The van der Waals surface area contributed by atoms with Crippen molar-refractivity contribution in [3.63, 3.8) is 0 Å². The summed E-state index contributed by atoms with van der Waals surface area (Å²) < 4.78 is 0. The summed E-state index contributed by atoms with van der Waals surface area (Å²) in [4.78, 5) is 40.4. The monoisotopic (exact) mass is 408 g/mol. The number of hydrogen-bond acceptors (Lipinski definition) is 4. The largest absolute Gasteiger partial charge is 0.326 e. The molecule has 3 rings (SSSR count). The zero-order valence-corrected chi connectivity index (χ0v) is 17.6. The molecule has 7 heteroatoms. The molecule has 0 saturated carbocycles. The van der Waals surface area contributed by atoms with Gasteiger partial charge in [0, 0.05) is 30.5 Å². The molecule has 1 aliphatic heterocycles. The maximum Gasteiger partial charge on any atom is 0.244 e. The summed E-state index contributed by atoms with van der Waals surface area (Å²) in [6.45, 7) is 6.61. The van der Waals surface area contributed by atoms with Crippen molar-refractivity contribution in [2.45, 2.75) is 33.2 Å². The van der Waals surface area contributed by atoms with Crippen molar-refractivity contribution in [2.75, 3.05) is 35.2 Å². The van der Waals surface area contributed by atoms with Crippen LogP contribution in [0.4, 0.5) is 17.1 Å². The molecule has 0 aliphatic carbocycles. The predicted molar refractivity (Wildman–Crippen MR) is 119 cm³/mol. The molecular formula is C23H28N4O3. The summed E-state index contributed by atoms with van der Waals surface area (Å²) >= 11 is 0. The lowest BCUT2D eigenvalue weighted by molar-refractivity contribution is -0.125. The number of nitrogens with one attached hydrogen (secondary N) is 2. The highest BCUT2D eigenvalue weighted by molar-refractivity contribution is 5.99. The van der Waals surface area contributed by atoms with Gasteiger partial charge in [-0.1, -0.05) is 25.1 Å². The number of nitrogens with zero attached hydrogens (tertiary/aromatic N) is 2. The molecule has 3 amide bonds. The molecule has 0 fully saturated rings. The van der Waals surface area contributed by atoms with Crippen LogP contribution < -0.4 is 15.5 Å². The van der Waals surface area contributed by atoms with Crippen molar-refractivity contribution in [3.8, 4) is 0 Å². The fourth-order valence-electron chi connectivity index (χ4n) is 3.70. The van der Waals surface area contributed by atoms with Gasteiger partial charge >= 0.3 is 0 Å². The Labute approximate surface area is 177 Å². The van der Waals surface area contributed by atoms with E-state index in [1.807, 2.05) is 41.8 Å². The van der Waals surface area contributed by atoms with E-state index in [-0.39, 0.29) is 24.3 Å². The van der Waals surface area contributed by atoms with E-state index in [0.29, 0.717) is 24.5 Å². The Morgan fingerprint density at radius 2 is 1.67 bits per heavy atom. The molecular weight excluding hydrogens is 380 g/mol. The van der Waals surface area contributed by atoms with Gasteiger partial charge in [-0.05, 0) is 55.8 Å². The van der Waals surface area contributed by atoms with Gasteiger partial charge in [-0.25, -0.2) is 0 Å². The Hall–Kier alpha value is -3.19. The van der Waals surface area contributed by atoms with E-state index in [9.17, 15) is 14.4 Å². The van der Waals surface area contributed by atoms with Crippen molar-refractivity contribution in [3.05, 3.63) is 54.1 Å². The van der Waals surface area contributed by atoms with E-state index in [1.165, 1.54) is 12.5 Å². The van der Waals surface area contributed by atoms with Crippen LogP contribution in [0.2, 0.25) is 0 Å². The maximum absolute atomic E-state index is 13.1. The fraction of sp³-hybridized carbons (Fsp3) is 0.348. The van der Waals surface area contributed by atoms with Crippen LogP contribution in [0.1, 0.15) is 26.3 Å². The first-order valence-corrected chi connectivity index (χ1v) is 10.2. The van der Waals surface area contributed by atoms with Crippen molar-refractivity contribution < 1.29 is 14.4 Å². The SMILES string of the molecule is CCN(CC(=O)Nc1ccc(NC(C)=O)cc1)[C@@H](C)C(=O)N1CCc2ccccc21. The number of amides is 3. The van der Waals surface area contributed by atoms with Gasteiger partial charge in [0.15, 0.2) is 0 Å². The predicted octanol–water partition coefficient (Wildman–Crippen LogP) is 2.88. The van der Waals surface area contributed by atoms with Crippen LogP contribution in [0, 0.1) is 0 Å². The van der Waals surface area contributed by atoms with Gasteiger partial charge in [-0.15, -0.1) is 0 Å². The minimum absolute atomic E-state index is 0.00857. The van der Waals surface area contributed by atoms with Gasteiger partial charge in [0.05, 0.1) is 12.6 Å². The maximum atomic E-state index is 13.1. The highest BCUT2D eigenvalue weighted by atomic mass is 16.2.